The van der Waals surface area contributed by atoms with Crippen molar-refractivity contribution in [1.82, 2.24) is 9.62 Å². The van der Waals surface area contributed by atoms with E-state index >= 15 is 0 Å². The van der Waals surface area contributed by atoms with E-state index in [0.29, 0.717) is 43.7 Å². The van der Waals surface area contributed by atoms with E-state index in [1.165, 1.54) is 37.4 Å². The lowest BCUT2D eigenvalue weighted by Crippen LogP contribution is -3.19. The second-order valence-corrected chi connectivity index (χ2v) is 9.70. The van der Waals surface area contributed by atoms with Crippen molar-refractivity contribution in [3.05, 3.63) is 18.2 Å². The van der Waals surface area contributed by atoms with E-state index in [1.54, 1.807) is 12.1 Å². The number of sulfonamides is 1. The third kappa shape index (κ3) is 4.84. The second kappa shape index (κ2) is 9.32. The van der Waals surface area contributed by atoms with Crippen molar-refractivity contribution >= 4 is 15.9 Å². The van der Waals surface area contributed by atoms with Gasteiger partial charge in [-0.05, 0) is 31.9 Å². The Bertz CT molecular complexity index is 815. The van der Waals surface area contributed by atoms with Crippen molar-refractivity contribution in [2.45, 2.75) is 49.6 Å². The van der Waals surface area contributed by atoms with Gasteiger partial charge in [-0.15, -0.1) is 0 Å². The molecule has 1 aromatic carbocycles. The van der Waals surface area contributed by atoms with E-state index in [4.69, 9.17) is 9.47 Å². The molecule has 2 aliphatic rings. The minimum absolute atomic E-state index is 0.0673. The van der Waals surface area contributed by atoms with Crippen LogP contribution in [0.15, 0.2) is 23.1 Å². The molecule has 3 rings (SSSR count). The van der Waals surface area contributed by atoms with Crippen molar-refractivity contribution < 1.29 is 27.6 Å². The molecule has 2 fully saturated rings. The Morgan fingerprint density at radius 1 is 1.17 bits per heavy atom. The van der Waals surface area contributed by atoms with Crippen LogP contribution in [0.1, 0.15) is 32.6 Å². The van der Waals surface area contributed by atoms with E-state index in [0.717, 1.165) is 17.7 Å². The molecular weight excluding hydrogens is 394 g/mol. The molecule has 9 heteroatoms. The van der Waals surface area contributed by atoms with Crippen LogP contribution >= 0.6 is 0 Å². The Balaban J connectivity index is 1.64. The third-order valence-electron chi connectivity index (χ3n) is 6.06. The predicted octanol–water partition coefficient (Wildman–Crippen LogP) is 0.0403. The van der Waals surface area contributed by atoms with Gasteiger partial charge in [0.15, 0.2) is 6.04 Å². The average Bonchev–Trinajstić information content (AvgIpc) is 3.25. The minimum atomic E-state index is -3.71. The highest BCUT2D eigenvalue weighted by atomic mass is 32.2. The lowest BCUT2D eigenvalue weighted by molar-refractivity contribution is -0.917. The predicted molar refractivity (Wildman–Crippen MR) is 109 cm³/mol. The van der Waals surface area contributed by atoms with Crippen LogP contribution < -0.4 is 19.7 Å². The molecule has 29 heavy (non-hydrogen) atoms. The van der Waals surface area contributed by atoms with Crippen LogP contribution in [-0.2, 0) is 14.8 Å². The fourth-order valence-corrected chi connectivity index (χ4v) is 5.77. The molecule has 162 valence electrons. The minimum Gasteiger partial charge on any atom is -0.497 e. The van der Waals surface area contributed by atoms with Crippen LogP contribution in [0.4, 0.5) is 0 Å². The van der Waals surface area contributed by atoms with Crippen LogP contribution in [0.2, 0.25) is 0 Å². The van der Waals surface area contributed by atoms with Gasteiger partial charge in [0, 0.05) is 12.1 Å². The van der Waals surface area contributed by atoms with Crippen LogP contribution in [0, 0.1) is 0 Å². The normalized spacial score (nSPS) is 20.4. The Labute approximate surface area is 173 Å². The molecule has 2 N–H and O–H groups in total. The summed E-state index contributed by atoms with van der Waals surface area (Å²) in [5.41, 5.74) is 0. The average molecular weight is 427 g/mol. The highest BCUT2D eigenvalue weighted by Crippen LogP contribution is 2.30. The molecule has 1 atom stereocenters. The number of benzene rings is 1. The summed E-state index contributed by atoms with van der Waals surface area (Å²) >= 11 is 0. The number of hydrogen-bond acceptors (Lipinski definition) is 5. The number of piperazine rings is 1. The van der Waals surface area contributed by atoms with E-state index in [9.17, 15) is 13.2 Å². The molecule has 1 saturated carbocycles. The zero-order chi connectivity index (χ0) is 21.0. The summed E-state index contributed by atoms with van der Waals surface area (Å²) in [5.74, 6) is 0.827. The molecule has 1 amide bonds. The fraction of sp³-hybridized carbons (Fsp3) is 0.650. The largest absolute Gasteiger partial charge is 0.497 e. The topological polar surface area (TPSA) is 89.4 Å². The molecule has 1 aliphatic heterocycles. The van der Waals surface area contributed by atoms with Crippen molar-refractivity contribution in [3.8, 4) is 11.5 Å². The zero-order valence-corrected chi connectivity index (χ0v) is 18.3. The number of nitrogens with one attached hydrogen (secondary N) is 2. The first-order chi connectivity index (χ1) is 13.9. The summed E-state index contributed by atoms with van der Waals surface area (Å²) in [6.45, 7) is 3.82. The van der Waals surface area contributed by atoms with E-state index in [2.05, 4.69) is 5.32 Å². The number of amides is 1. The first-order valence-corrected chi connectivity index (χ1v) is 11.7. The van der Waals surface area contributed by atoms with Crippen molar-refractivity contribution in [2.75, 3.05) is 40.4 Å². The summed E-state index contributed by atoms with van der Waals surface area (Å²) in [5, 5.41) is 3.15. The van der Waals surface area contributed by atoms with Gasteiger partial charge in [-0.2, -0.15) is 4.31 Å². The smallest absolute Gasteiger partial charge is 0.278 e. The summed E-state index contributed by atoms with van der Waals surface area (Å²) < 4.78 is 38.3. The number of carbonyl (C=O) groups is 1. The molecule has 1 saturated heterocycles. The highest BCUT2D eigenvalue weighted by Gasteiger charge is 2.36. The van der Waals surface area contributed by atoms with Crippen LogP contribution in [0.25, 0.3) is 0 Å². The lowest BCUT2D eigenvalue weighted by atomic mass is 10.2. The lowest BCUT2D eigenvalue weighted by Gasteiger charge is -2.34. The zero-order valence-electron chi connectivity index (χ0n) is 17.4. The highest BCUT2D eigenvalue weighted by molar-refractivity contribution is 7.89. The maximum Gasteiger partial charge on any atom is 0.278 e. The standard InChI is InChI=1S/C20H31N3O5S/c1-15(20(24)21-16-6-4-5-7-16)22-10-12-23(13-11-22)29(25,26)19-14-17(27-2)8-9-18(19)28-3/h8-9,14-16H,4-7,10-13H2,1-3H3,(H,21,24)/p+1/t15-/m1/s1. The van der Waals surface area contributed by atoms with Crippen molar-refractivity contribution in [2.24, 2.45) is 0 Å². The second-order valence-electron chi connectivity index (χ2n) is 7.79. The summed E-state index contributed by atoms with van der Waals surface area (Å²) in [6, 6.07) is 4.87. The van der Waals surface area contributed by atoms with Gasteiger partial charge in [-0.25, -0.2) is 8.42 Å². The molecule has 0 radical (unpaired) electrons. The van der Waals surface area contributed by atoms with Gasteiger partial charge in [0.1, 0.15) is 16.4 Å². The molecule has 8 nitrogen and oxygen atoms in total. The molecule has 1 aromatic rings. The Hall–Kier alpha value is -1.84. The van der Waals surface area contributed by atoms with Gasteiger partial charge in [0.25, 0.3) is 5.91 Å². The van der Waals surface area contributed by atoms with E-state index in [1.807, 2.05) is 6.92 Å². The first-order valence-electron chi connectivity index (χ1n) is 10.2. The van der Waals surface area contributed by atoms with E-state index in [-0.39, 0.29) is 16.8 Å². The first kappa shape index (κ1) is 21.9. The van der Waals surface area contributed by atoms with Gasteiger partial charge < -0.3 is 19.7 Å². The van der Waals surface area contributed by atoms with Crippen LogP contribution in [0.3, 0.4) is 0 Å². The third-order valence-corrected chi connectivity index (χ3v) is 7.98. The number of nitrogens with zero attached hydrogens (tertiary/aromatic N) is 1. The maximum atomic E-state index is 13.2. The van der Waals surface area contributed by atoms with Crippen LogP contribution in [-0.4, -0.2) is 71.1 Å². The van der Waals surface area contributed by atoms with Gasteiger partial charge in [0.2, 0.25) is 10.0 Å². The Kier molecular flexibility index (Phi) is 7.02. The number of hydrogen-bond donors (Lipinski definition) is 2. The Morgan fingerprint density at radius 2 is 1.83 bits per heavy atom. The molecule has 0 spiro atoms. The van der Waals surface area contributed by atoms with Gasteiger partial charge in [-0.3, -0.25) is 4.79 Å². The number of carbonyl (C=O) groups excluding carboxylic acids is 1. The monoisotopic (exact) mass is 426 g/mol. The number of rotatable bonds is 7. The number of quaternary nitrogens is 1. The quantitative estimate of drug-likeness (QED) is 0.643. The summed E-state index contributed by atoms with van der Waals surface area (Å²) in [7, 11) is -0.761. The molecule has 1 heterocycles. The van der Waals surface area contributed by atoms with Gasteiger partial charge >= 0.3 is 0 Å². The molecule has 0 bridgehead atoms. The SMILES string of the molecule is COc1ccc(OC)c(S(=O)(=O)N2CC[NH+]([C@H](C)C(=O)NC3CCCC3)CC2)c1. The van der Waals surface area contributed by atoms with Crippen LogP contribution in [0.5, 0.6) is 11.5 Å². The molecule has 0 unspecified atom stereocenters. The Morgan fingerprint density at radius 3 is 2.41 bits per heavy atom. The molecule has 0 aromatic heterocycles. The molecular formula is C20H32N3O5S+. The van der Waals surface area contributed by atoms with Gasteiger partial charge in [0.05, 0.1) is 40.4 Å². The summed E-state index contributed by atoms with van der Waals surface area (Å²) in [4.78, 5) is 13.8. The number of ether oxygens (including phenoxy) is 2. The fourth-order valence-electron chi connectivity index (χ4n) is 4.15. The van der Waals surface area contributed by atoms with E-state index < -0.39 is 10.0 Å². The van der Waals surface area contributed by atoms with Crippen molar-refractivity contribution in [1.29, 1.82) is 0 Å². The van der Waals surface area contributed by atoms with Gasteiger partial charge in [-0.1, -0.05) is 12.8 Å². The molecule has 1 aliphatic carbocycles. The summed E-state index contributed by atoms with van der Waals surface area (Å²) in [6.07, 6.45) is 4.47. The van der Waals surface area contributed by atoms with Crippen molar-refractivity contribution in [3.63, 3.8) is 0 Å². The number of methoxy groups -OCH3 is 2. The maximum absolute atomic E-state index is 13.2.